The maximum Gasteiger partial charge on any atom is 0.255 e. The first kappa shape index (κ1) is 23.6. The molecule has 34 heavy (non-hydrogen) atoms. The second kappa shape index (κ2) is 9.35. The number of aryl methyl sites for hydroxylation is 1. The average Bonchev–Trinajstić information content (AvgIpc) is 3.42. The van der Waals surface area contributed by atoms with E-state index in [2.05, 4.69) is 30.7 Å². The number of fused-ring (bicyclic) bond motifs is 1. The van der Waals surface area contributed by atoms with E-state index < -0.39 is 17.7 Å². The molecule has 1 atom stereocenters. The number of aliphatic hydroxyl groups is 1. The van der Waals surface area contributed by atoms with Crippen LogP contribution in [0.4, 0.5) is 15.8 Å². The molecule has 4 aromatic rings. The van der Waals surface area contributed by atoms with Gasteiger partial charge in [0.2, 0.25) is 0 Å². The summed E-state index contributed by atoms with van der Waals surface area (Å²) < 4.78 is 17.6. The molecule has 0 aliphatic rings. The Morgan fingerprint density at radius 1 is 1.24 bits per heavy atom. The highest BCUT2D eigenvalue weighted by atomic mass is 35.5. The highest BCUT2D eigenvalue weighted by Gasteiger charge is 2.27. The van der Waals surface area contributed by atoms with Crippen LogP contribution in [0, 0.1) is 0 Å². The minimum atomic E-state index is -1.64. The van der Waals surface area contributed by atoms with Gasteiger partial charge in [-0.25, -0.2) is 19.3 Å². The third kappa shape index (κ3) is 5.00. The molecule has 0 saturated heterocycles. The lowest BCUT2D eigenvalue weighted by Crippen LogP contribution is -2.42. The van der Waals surface area contributed by atoms with Crippen molar-refractivity contribution in [1.82, 2.24) is 34.6 Å². The van der Waals surface area contributed by atoms with Gasteiger partial charge in [0.15, 0.2) is 5.65 Å². The van der Waals surface area contributed by atoms with Crippen LogP contribution in [0.5, 0.6) is 0 Å². The van der Waals surface area contributed by atoms with Crippen molar-refractivity contribution in [1.29, 1.82) is 0 Å². The van der Waals surface area contributed by atoms with Crippen LogP contribution in [-0.4, -0.2) is 58.6 Å². The summed E-state index contributed by atoms with van der Waals surface area (Å²) in [4.78, 5) is 25.9. The van der Waals surface area contributed by atoms with E-state index in [4.69, 9.17) is 11.6 Å². The number of carbonyl (C=O) groups is 1. The summed E-state index contributed by atoms with van der Waals surface area (Å²) in [7, 11) is 0. The summed E-state index contributed by atoms with van der Waals surface area (Å²) in [5.41, 5.74) is 0.834. The molecule has 0 saturated carbocycles. The van der Waals surface area contributed by atoms with Gasteiger partial charge in [0.25, 0.3) is 5.91 Å². The second-order valence-corrected chi connectivity index (χ2v) is 8.68. The first-order valence-corrected chi connectivity index (χ1v) is 11.0. The van der Waals surface area contributed by atoms with Gasteiger partial charge in [-0.2, -0.15) is 5.10 Å². The van der Waals surface area contributed by atoms with Crippen molar-refractivity contribution < 1.29 is 14.3 Å². The third-order valence-electron chi connectivity index (χ3n) is 5.18. The number of imidazole rings is 1. The van der Waals surface area contributed by atoms with Crippen LogP contribution in [0.25, 0.3) is 17.0 Å². The number of nitrogens with zero attached hydrogens (tertiary/aromatic N) is 6. The average molecular weight is 487 g/mol. The van der Waals surface area contributed by atoms with E-state index in [1.807, 2.05) is 6.92 Å². The Hall–Kier alpha value is -3.57. The molecule has 0 fully saturated rings. The number of nitrogens with one attached hydrogen (secondary N) is 2. The quantitative estimate of drug-likeness (QED) is 0.349. The molecule has 178 valence electrons. The zero-order valence-electron chi connectivity index (χ0n) is 18.8. The molecule has 0 aromatic carbocycles. The number of carbonyl (C=O) groups excluding carboxylic acids is 1. The molecule has 12 heteroatoms. The van der Waals surface area contributed by atoms with E-state index in [9.17, 15) is 14.3 Å². The number of hydrogen-bond donors (Lipinski definition) is 3. The van der Waals surface area contributed by atoms with Crippen LogP contribution in [-0.2, 0) is 6.54 Å². The Morgan fingerprint density at radius 3 is 2.74 bits per heavy atom. The smallest absolute Gasteiger partial charge is 0.255 e. The Bertz CT molecular complexity index is 1330. The van der Waals surface area contributed by atoms with Gasteiger partial charge < -0.3 is 15.7 Å². The topological polar surface area (TPSA) is 123 Å². The fourth-order valence-electron chi connectivity index (χ4n) is 3.19. The lowest BCUT2D eigenvalue weighted by molar-refractivity contribution is -0.00177. The SMILES string of the molecule is CCn1cc(Nc2cc(-n3cnc4cc(Cl)cnc43)ncc2C(=O)NCC(F)C(C)(C)O)cn1. The zero-order chi connectivity index (χ0) is 24.5. The van der Waals surface area contributed by atoms with Crippen molar-refractivity contribution >= 4 is 40.0 Å². The summed E-state index contributed by atoms with van der Waals surface area (Å²) in [6, 6.07) is 3.36. The van der Waals surface area contributed by atoms with Gasteiger partial charge in [0, 0.05) is 31.2 Å². The van der Waals surface area contributed by atoms with Gasteiger partial charge >= 0.3 is 0 Å². The van der Waals surface area contributed by atoms with Gasteiger partial charge in [-0.1, -0.05) is 11.6 Å². The predicted molar refractivity (Wildman–Crippen MR) is 126 cm³/mol. The normalized spacial score (nSPS) is 12.6. The summed E-state index contributed by atoms with van der Waals surface area (Å²) in [6.45, 7) is 4.97. The number of hydrogen-bond acceptors (Lipinski definition) is 7. The van der Waals surface area contributed by atoms with Crippen LogP contribution < -0.4 is 10.6 Å². The van der Waals surface area contributed by atoms with Crippen molar-refractivity contribution in [2.75, 3.05) is 11.9 Å². The molecule has 0 spiro atoms. The summed E-state index contributed by atoms with van der Waals surface area (Å²) >= 11 is 6.01. The van der Waals surface area contributed by atoms with E-state index in [1.165, 1.54) is 26.2 Å². The largest absolute Gasteiger partial charge is 0.387 e. The molecular weight excluding hydrogens is 463 g/mol. The van der Waals surface area contributed by atoms with Crippen LogP contribution in [0.3, 0.4) is 0 Å². The molecule has 0 aliphatic heterocycles. The van der Waals surface area contributed by atoms with Gasteiger partial charge in [0.1, 0.15) is 23.8 Å². The summed E-state index contributed by atoms with van der Waals surface area (Å²) in [5.74, 6) is -0.0872. The Kier molecular flexibility index (Phi) is 6.49. The highest BCUT2D eigenvalue weighted by Crippen LogP contribution is 2.25. The predicted octanol–water partition coefficient (Wildman–Crippen LogP) is 3.27. The third-order valence-corrected chi connectivity index (χ3v) is 5.39. The molecule has 0 radical (unpaired) electrons. The van der Waals surface area contributed by atoms with E-state index in [1.54, 1.807) is 40.1 Å². The van der Waals surface area contributed by atoms with Crippen molar-refractivity contribution in [3.05, 3.63) is 53.8 Å². The number of rotatable bonds is 8. The Morgan fingerprint density at radius 2 is 2.03 bits per heavy atom. The minimum absolute atomic E-state index is 0.191. The number of alkyl halides is 1. The zero-order valence-corrected chi connectivity index (χ0v) is 19.6. The van der Waals surface area contributed by atoms with Gasteiger partial charge in [-0.05, 0) is 26.8 Å². The fourth-order valence-corrected chi connectivity index (χ4v) is 3.34. The minimum Gasteiger partial charge on any atom is -0.387 e. The highest BCUT2D eigenvalue weighted by molar-refractivity contribution is 6.31. The molecule has 0 bridgehead atoms. The standard InChI is InChI=1S/C22H24ClFN8O2/c1-4-31-11-14(8-29-31)30-16-6-19(32-12-28-17-5-13(23)7-26-20(17)32)25-9-15(16)21(33)27-10-18(24)22(2,3)34/h5-9,11-12,18,34H,4,10H2,1-3H3,(H,25,30)(H,27,33). The fraction of sp³-hybridized carbons (Fsp3) is 0.318. The summed E-state index contributed by atoms with van der Waals surface area (Å²) in [5, 5.41) is 20.2. The van der Waals surface area contributed by atoms with Gasteiger partial charge in [-0.3, -0.25) is 14.0 Å². The number of anilines is 2. The van der Waals surface area contributed by atoms with Crippen molar-refractivity contribution in [3.8, 4) is 5.82 Å². The maximum absolute atomic E-state index is 14.2. The number of pyridine rings is 2. The van der Waals surface area contributed by atoms with E-state index in [-0.39, 0.29) is 12.1 Å². The molecule has 1 amide bonds. The molecule has 4 rings (SSSR count). The van der Waals surface area contributed by atoms with Crippen molar-refractivity contribution in [2.45, 2.75) is 39.1 Å². The van der Waals surface area contributed by atoms with Crippen molar-refractivity contribution in [3.63, 3.8) is 0 Å². The van der Waals surface area contributed by atoms with E-state index >= 15 is 0 Å². The Labute approximate surface area is 199 Å². The van der Waals surface area contributed by atoms with Crippen LogP contribution in [0.1, 0.15) is 31.1 Å². The second-order valence-electron chi connectivity index (χ2n) is 8.24. The van der Waals surface area contributed by atoms with Crippen LogP contribution in [0.2, 0.25) is 5.02 Å². The van der Waals surface area contributed by atoms with Gasteiger partial charge in [0.05, 0.1) is 40.3 Å². The molecule has 3 N–H and O–H groups in total. The maximum atomic E-state index is 14.2. The monoisotopic (exact) mass is 486 g/mol. The lowest BCUT2D eigenvalue weighted by Gasteiger charge is -2.22. The molecule has 4 heterocycles. The molecule has 4 aromatic heterocycles. The molecule has 1 unspecified atom stereocenters. The molecule has 10 nitrogen and oxygen atoms in total. The van der Waals surface area contributed by atoms with Crippen LogP contribution >= 0.6 is 11.6 Å². The molecular formula is C22H24ClFN8O2. The van der Waals surface area contributed by atoms with E-state index in [0.717, 1.165) is 0 Å². The number of amides is 1. The molecule has 0 aliphatic carbocycles. The first-order chi connectivity index (χ1) is 16.2. The number of aromatic nitrogens is 6. The van der Waals surface area contributed by atoms with Crippen molar-refractivity contribution in [2.24, 2.45) is 0 Å². The number of halogens is 2. The lowest BCUT2D eigenvalue weighted by atomic mass is 10.0. The van der Waals surface area contributed by atoms with Crippen LogP contribution in [0.15, 0.2) is 43.2 Å². The Balaban J connectivity index is 1.69. The first-order valence-electron chi connectivity index (χ1n) is 10.6. The summed E-state index contributed by atoms with van der Waals surface area (Å²) in [6.07, 6.45) is 6.25. The van der Waals surface area contributed by atoms with E-state index in [0.29, 0.717) is 39.9 Å². The van der Waals surface area contributed by atoms with Gasteiger partial charge in [-0.15, -0.1) is 0 Å².